The van der Waals surface area contributed by atoms with Crippen LogP contribution >= 0.6 is 0 Å². The van der Waals surface area contributed by atoms with Gasteiger partial charge < -0.3 is 10.6 Å². The van der Waals surface area contributed by atoms with E-state index in [-0.39, 0.29) is 5.91 Å². The number of aromatic nitrogens is 2. The monoisotopic (exact) mass is 332 g/mol. The molecule has 25 heavy (non-hydrogen) atoms. The standard InChI is InChI=1S/C20H20N4O/c1-14-6-8-17(9-7-14)24-20(25)18-11-19(23-13-22-18)21-12-16-5-3-4-15(2)10-16/h3-11,13H,12H2,1-2H3,(H,24,25)(H,21,22,23). The van der Waals surface area contributed by atoms with Crippen molar-refractivity contribution in [3.05, 3.63) is 83.3 Å². The molecule has 0 atom stereocenters. The number of carbonyl (C=O) groups is 1. The van der Waals surface area contributed by atoms with E-state index in [2.05, 4.69) is 39.7 Å². The predicted molar refractivity (Wildman–Crippen MR) is 99.7 cm³/mol. The molecular formula is C20H20N4O. The second kappa shape index (κ2) is 7.57. The smallest absolute Gasteiger partial charge is 0.274 e. The van der Waals surface area contributed by atoms with Gasteiger partial charge in [-0.15, -0.1) is 0 Å². The molecule has 3 aromatic rings. The van der Waals surface area contributed by atoms with E-state index >= 15 is 0 Å². The van der Waals surface area contributed by atoms with Gasteiger partial charge in [0.1, 0.15) is 17.8 Å². The highest BCUT2D eigenvalue weighted by molar-refractivity contribution is 6.03. The van der Waals surface area contributed by atoms with Crippen LogP contribution < -0.4 is 10.6 Å². The van der Waals surface area contributed by atoms with Crippen LogP contribution in [0.3, 0.4) is 0 Å². The zero-order chi connectivity index (χ0) is 17.6. The van der Waals surface area contributed by atoms with E-state index in [1.807, 2.05) is 43.3 Å². The van der Waals surface area contributed by atoms with Crippen LogP contribution in [-0.2, 0) is 6.54 Å². The van der Waals surface area contributed by atoms with Gasteiger partial charge in [0.05, 0.1) is 0 Å². The van der Waals surface area contributed by atoms with Crippen molar-refractivity contribution in [1.82, 2.24) is 9.97 Å². The summed E-state index contributed by atoms with van der Waals surface area (Å²) >= 11 is 0. The van der Waals surface area contributed by atoms with Gasteiger partial charge >= 0.3 is 0 Å². The Hall–Kier alpha value is -3.21. The molecule has 0 radical (unpaired) electrons. The van der Waals surface area contributed by atoms with Crippen LogP contribution in [0.4, 0.5) is 11.5 Å². The maximum Gasteiger partial charge on any atom is 0.274 e. The highest BCUT2D eigenvalue weighted by Crippen LogP contribution is 2.12. The molecule has 3 rings (SSSR count). The molecule has 0 spiro atoms. The summed E-state index contributed by atoms with van der Waals surface area (Å²) < 4.78 is 0. The van der Waals surface area contributed by atoms with E-state index in [0.717, 1.165) is 16.8 Å². The summed E-state index contributed by atoms with van der Waals surface area (Å²) in [5.41, 5.74) is 4.57. The molecule has 0 aliphatic rings. The number of amides is 1. The number of hydrogen-bond acceptors (Lipinski definition) is 4. The Morgan fingerprint density at radius 1 is 0.960 bits per heavy atom. The van der Waals surface area contributed by atoms with Gasteiger partial charge in [-0.05, 0) is 31.5 Å². The number of rotatable bonds is 5. The van der Waals surface area contributed by atoms with Crippen LogP contribution in [0.15, 0.2) is 60.9 Å². The summed E-state index contributed by atoms with van der Waals surface area (Å²) in [4.78, 5) is 20.6. The minimum absolute atomic E-state index is 0.259. The molecule has 0 fully saturated rings. The Kier molecular flexibility index (Phi) is 5.04. The minimum Gasteiger partial charge on any atom is -0.366 e. The fourth-order valence-electron chi connectivity index (χ4n) is 2.42. The van der Waals surface area contributed by atoms with Gasteiger partial charge in [-0.3, -0.25) is 4.79 Å². The number of aryl methyl sites for hydroxylation is 2. The van der Waals surface area contributed by atoms with Crippen molar-refractivity contribution in [2.24, 2.45) is 0 Å². The summed E-state index contributed by atoms with van der Waals surface area (Å²) in [6, 6.07) is 17.5. The quantitative estimate of drug-likeness (QED) is 0.742. The van der Waals surface area contributed by atoms with Gasteiger partial charge in [-0.2, -0.15) is 0 Å². The maximum atomic E-state index is 12.3. The second-order valence-electron chi connectivity index (χ2n) is 5.95. The van der Waals surface area contributed by atoms with Crippen molar-refractivity contribution in [2.45, 2.75) is 20.4 Å². The molecular weight excluding hydrogens is 312 g/mol. The molecule has 1 amide bonds. The van der Waals surface area contributed by atoms with E-state index in [9.17, 15) is 4.79 Å². The molecule has 1 aromatic heterocycles. The zero-order valence-electron chi connectivity index (χ0n) is 14.3. The van der Waals surface area contributed by atoms with Gasteiger partial charge in [0.25, 0.3) is 5.91 Å². The van der Waals surface area contributed by atoms with E-state index in [0.29, 0.717) is 18.1 Å². The zero-order valence-corrected chi connectivity index (χ0v) is 14.3. The van der Waals surface area contributed by atoms with Crippen LogP contribution in [0.2, 0.25) is 0 Å². The van der Waals surface area contributed by atoms with Crippen LogP contribution in [0.5, 0.6) is 0 Å². The molecule has 0 unspecified atom stereocenters. The van der Waals surface area contributed by atoms with Gasteiger partial charge in [0, 0.05) is 18.3 Å². The third kappa shape index (κ3) is 4.64. The second-order valence-corrected chi connectivity index (χ2v) is 5.95. The first kappa shape index (κ1) is 16.6. The van der Waals surface area contributed by atoms with Crippen molar-refractivity contribution in [1.29, 1.82) is 0 Å². The number of benzene rings is 2. The largest absolute Gasteiger partial charge is 0.366 e. The Labute approximate surface area is 147 Å². The SMILES string of the molecule is Cc1ccc(NC(=O)c2cc(NCc3cccc(C)c3)ncn2)cc1. The van der Waals surface area contributed by atoms with Crippen LogP contribution in [0.25, 0.3) is 0 Å². The molecule has 5 heteroatoms. The number of nitrogens with zero attached hydrogens (tertiary/aromatic N) is 2. The average Bonchev–Trinajstić information content (AvgIpc) is 2.62. The summed E-state index contributed by atoms with van der Waals surface area (Å²) in [6.45, 7) is 4.70. The fraction of sp³-hybridized carbons (Fsp3) is 0.150. The normalized spacial score (nSPS) is 10.3. The predicted octanol–water partition coefficient (Wildman–Crippen LogP) is 3.96. The van der Waals surface area contributed by atoms with E-state index < -0.39 is 0 Å². The lowest BCUT2D eigenvalue weighted by molar-refractivity contribution is 0.102. The first-order valence-electron chi connectivity index (χ1n) is 8.09. The van der Waals surface area contributed by atoms with Crippen molar-refractivity contribution < 1.29 is 4.79 Å². The van der Waals surface area contributed by atoms with Crippen LogP contribution in [-0.4, -0.2) is 15.9 Å². The lowest BCUT2D eigenvalue weighted by atomic mass is 10.1. The Morgan fingerprint density at radius 2 is 1.76 bits per heavy atom. The number of carbonyl (C=O) groups excluding carboxylic acids is 1. The van der Waals surface area contributed by atoms with Crippen LogP contribution in [0, 0.1) is 13.8 Å². The Bertz CT molecular complexity index is 875. The molecule has 1 heterocycles. The summed E-state index contributed by atoms with van der Waals surface area (Å²) in [5.74, 6) is 0.357. The summed E-state index contributed by atoms with van der Waals surface area (Å²) in [5, 5.41) is 6.06. The van der Waals surface area contributed by atoms with E-state index in [1.165, 1.54) is 11.9 Å². The number of nitrogens with one attached hydrogen (secondary N) is 2. The van der Waals surface area contributed by atoms with Gasteiger partial charge in [-0.1, -0.05) is 47.5 Å². The molecule has 0 saturated heterocycles. The third-order valence-corrected chi connectivity index (χ3v) is 3.77. The topological polar surface area (TPSA) is 66.9 Å². The van der Waals surface area contributed by atoms with E-state index in [4.69, 9.17) is 0 Å². The Balaban J connectivity index is 1.66. The van der Waals surface area contributed by atoms with Crippen molar-refractivity contribution in [2.75, 3.05) is 10.6 Å². The first-order chi connectivity index (χ1) is 12.1. The summed E-state index contributed by atoms with van der Waals surface area (Å²) in [7, 11) is 0. The molecule has 2 aromatic carbocycles. The molecule has 2 N–H and O–H groups in total. The fourth-order valence-corrected chi connectivity index (χ4v) is 2.42. The molecule has 0 saturated carbocycles. The average molecular weight is 332 g/mol. The lowest BCUT2D eigenvalue weighted by Gasteiger charge is -2.08. The first-order valence-corrected chi connectivity index (χ1v) is 8.09. The van der Waals surface area contributed by atoms with Crippen molar-refractivity contribution in [3.63, 3.8) is 0 Å². The maximum absolute atomic E-state index is 12.3. The lowest BCUT2D eigenvalue weighted by Crippen LogP contribution is -2.14. The van der Waals surface area contributed by atoms with Gasteiger partial charge in [-0.25, -0.2) is 9.97 Å². The minimum atomic E-state index is -0.259. The highest BCUT2D eigenvalue weighted by Gasteiger charge is 2.09. The van der Waals surface area contributed by atoms with Gasteiger partial charge in [0.15, 0.2) is 0 Å². The molecule has 0 bridgehead atoms. The molecule has 0 aliphatic heterocycles. The molecule has 0 aliphatic carbocycles. The van der Waals surface area contributed by atoms with Crippen LogP contribution in [0.1, 0.15) is 27.2 Å². The third-order valence-electron chi connectivity index (χ3n) is 3.77. The Morgan fingerprint density at radius 3 is 2.52 bits per heavy atom. The number of anilines is 2. The molecule has 126 valence electrons. The van der Waals surface area contributed by atoms with Crippen molar-refractivity contribution >= 4 is 17.4 Å². The number of hydrogen-bond donors (Lipinski definition) is 2. The van der Waals surface area contributed by atoms with Crippen molar-refractivity contribution in [3.8, 4) is 0 Å². The highest BCUT2D eigenvalue weighted by atomic mass is 16.1. The molecule has 5 nitrogen and oxygen atoms in total. The van der Waals surface area contributed by atoms with Gasteiger partial charge in [0.2, 0.25) is 0 Å². The van der Waals surface area contributed by atoms with E-state index in [1.54, 1.807) is 6.07 Å². The summed E-state index contributed by atoms with van der Waals surface area (Å²) in [6.07, 6.45) is 1.39.